The Bertz CT molecular complexity index is 751. The fourth-order valence-electron chi connectivity index (χ4n) is 2.56. The van der Waals surface area contributed by atoms with Crippen molar-refractivity contribution in [1.82, 2.24) is 20.2 Å². The highest BCUT2D eigenvalue weighted by molar-refractivity contribution is 6.20. The van der Waals surface area contributed by atoms with E-state index in [2.05, 4.69) is 15.2 Å². The summed E-state index contributed by atoms with van der Waals surface area (Å²) in [5.74, 6) is -1.78. The van der Waals surface area contributed by atoms with E-state index in [9.17, 15) is 14.4 Å². The summed E-state index contributed by atoms with van der Waals surface area (Å²) in [5.41, 5.74) is 0.478. The second kappa shape index (κ2) is 4.48. The molecule has 0 unspecified atom stereocenters. The van der Waals surface area contributed by atoms with Gasteiger partial charge in [0.05, 0.1) is 17.0 Å². The lowest BCUT2D eigenvalue weighted by molar-refractivity contribution is -0.170. The van der Waals surface area contributed by atoms with Crippen LogP contribution in [0.4, 0.5) is 0 Å². The number of hydrogen-bond acceptors (Lipinski definition) is 6. The summed E-state index contributed by atoms with van der Waals surface area (Å²) in [5, 5.41) is 6.95. The molecule has 1 aliphatic carbocycles. The molecule has 0 radical (unpaired) electrons. The Labute approximate surface area is 124 Å². The maximum absolute atomic E-state index is 12.1. The van der Waals surface area contributed by atoms with Gasteiger partial charge in [-0.25, -0.2) is 9.78 Å². The number of nitrogens with one attached hydrogen (secondary N) is 1. The molecule has 8 nitrogen and oxygen atoms in total. The van der Waals surface area contributed by atoms with Crippen molar-refractivity contribution in [3.63, 3.8) is 0 Å². The average molecular weight is 298 g/mol. The number of carbonyl (C=O) groups is 3. The molecular formula is C14H10N4O4. The number of benzene rings is 1. The van der Waals surface area contributed by atoms with Crippen LogP contribution in [0.15, 0.2) is 30.6 Å². The van der Waals surface area contributed by atoms with E-state index >= 15 is 0 Å². The molecule has 22 heavy (non-hydrogen) atoms. The third-order valence-corrected chi connectivity index (χ3v) is 3.82. The first-order valence-corrected chi connectivity index (χ1v) is 6.71. The van der Waals surface area contributed by atoms with E-state index in [1.165, 1.54) is 18.5 Å². The SMILES string of the molecule is O=C(ON1C(=O)c2ccccc2C1=O)[C@H]1C[C@H]1c1ncn[nH]1. The molecule has 2 amide bonds. The minimum absolute atomic E-state index is 0.106. The van der Waals surface area contributed by atoms with Crippen LogP contribution >= 0.6 is 0 Å². The molecule has 1 aromatic heterocycles. The summed E-state index contributed by atoms with van der Waals surface area (Å²) in [6.07, 6.45) is 1.91. The van der Waals surface area contributed by atoms with Gasteiger partial charge in [0.2, 0.25) is 0 Å². The van der Waals surface area contributed by atoms with Gasteiger partial charge in [-0.15, -0.1) is 0 Å². The van der Waals surface area contributed by atoms with Gasteiger partial charge in [-0.1, -0.05) is 17.2 Å². The number of aromatic amines is 1. The third kappa shape index (κ3) is 1.80. The molecule has 1 fully saturated rings. The quantitative estimate of drug-likeness (QED) is 0.835. The Hall–Kier alpha value is -3.03. The van der Waals surface area contributed by atoms with E-state index in [0.29, 0.717) is 17.3 Å². The van der Waals surface area contributed by atoms with Gasteiger partial charge in [0.15, 0.2) is 0 Å². The van der Waals surface area contributed by atoms with Gasteiger partial charge in [-0.2, -0.15) is 5.10 Å². The number of H-pyrrole nitrogens is 1. The summed E-state index contributed by atoms with van der Waals surface area (Å²) in [6.45, 7) is 0. The van der Waals surface area contributed by atoms with Crippen molar-refractivity contribution >= 4 is 17.8 Å². The van der Waals surface area contributed by atoms with E-state index in [1.54, 1.807) is 12.1 Å². The molecular weight excluding hydrogens is 288 g/mol. The molecule has 4 rings (SSSR count). The van der Waals surface area contributed by atoms with Gasteiger partial charge in [0.1, 0.15) is 12.2 Å². The maximum atomic E-state index is 12.1. The average Bonchev–Trinajstić information content (AvgIpc) is 3.08. The first-order chi connectivity index (χ1) is 10.7. The largest absolute Gasteiger partial charge is 0.337 e. The first-order valence-electron chi connectivity index (χ1n) is 6.71. The maximum Gasteiger partial charge on any atom is 0.337 e. The summed E-state index contributed by atoms with van der Waals surface area (Å²) in [4.78, 5) is 45.3. The summed E-state index contributed by atoms with van der Waals surface area (Å²) in [6, 6.07) is 6.35. The Morgan fingerprint density at radius 3 is 2.50 bits per heavy atom. The lowest BCUT2D eigenvalue weighted by atomic mass is 10.1. The fraction of sp³-hybridized carbons (Fsp3) is 0.214. The number of imide groups is 1. The number of rotatable bonds is 3. The monoisotopic (exact) mass is 298 g/mol. The molecule has 2 atom stereocenters. The fourth-order valence-corrected chi connectivity index (χ4v) is 2.56. The molecule has 1 aliphatic heterocycles. The number of nitrogens with zero attached hydrogens (tertiary/aromatic N) is 3. The van der Waals surface area contributed by atoms with Crippen molar-refractivity contribution in [3.05, 3.63) is 47.5 Å². The van der Waals surface area contributed by atoms with Gasteiger partial charge in [-0.3, -0.25) is 14.7 Å². The topological polar surface area (TPSA) is 105 Å². The highest BCUT2D eigenvalue weighted by atomic mass is 16.7. The lowest BCUT2D eigenvalue weighted by Gasteiger charge is -2.12. The number of carbonyl (C=O) groups excluding carboxylic acids is 3. The smallest absolute Gasteiger partial charge is 0.329 e. The first kappa shape index (κ1) is 12.7. The lowest BCUT2D eigenvalue weighted by Crippen LogP contribution is -2.33. The van der Waals surface area contributed by atoms with E-state index in [0.717, 1.165) is 0 Å². The second-order valence-electron chi connectivity index (χ2n) is 5.18. The van der Waals surface area contributed by atoms with Crippen LogP contribution in [-0.4, -0.2) is 38.0 Å². The normalized spacial score (nSPS) is 22.6. The number of fused-ring (bicyclic) bond motifs is 1. The molecule has 110 valence electrons. The van der Waals surface area contributed by atoms with Crippen LogP contribution in [0.1, 0.15) is 38.9 Å². The predicted molar refractivity (Wildman–Crippen MR) is 70.3 cm³/mol. The standard InChI is InChI=1S/C14H10N4O4/c19-12-7-3-1-2-4-8(7)13(20)18(12)22-14(21)10-5-9(10)11-15-6-16-17-11/h1-4,6,9-10H,5H2,(H,15,16,17)/t9-,10+/m1/s1. The highest BCUT2D eigenvalue weighted by Gasteiger charge is 2.50. The molecule has 1 aromatic carbocycles. The Balaban J connectivity index is 1.48. The van der Waals surface area contributed by atoms with E-state index < -0.39 is 23.7 Å². The Morgan fingerprint density at radius 2 is 1.91 bits per heavy atom. The zero-order chi connectivity index (χ0) is 15.3. The van der Waals surface area contributed by atoms with Gasteiger partial charge in [-0.05, 0) is 18.6 Å². The molecule has 0 bridgehead atoms. The number of hydroxylamine groups is 2. The van der Waals surface area contributed by atoms with Crippen LogP contribution in [0.5, 0.6) is 0 Å². The number of amides is 2. The number of hydrogen-bond donors (Lipinski definition) is 1. The van der Waals surface area contributed by atoms with Crippen molar-refractivity contribution in [1.29, 1.82) is 0 Å². The summed E-state index contributed by atoms with van der Waals surface area (Å²) in [7, 11) is 0. The van der Waals surface area contributed by atoms with Crippen LogP contribution in [0, 0.1) is 5.92 Å². The van der Waals surface area contributed by atoms with Crippen molar-refractivity contribution in [2.45, 2.75) is 12.3 Å². The van der Waals surface area contributed by atoms with E-state index in [4.69, 9.17) is 4.84 Å². The number of aromatic nitrogens is 3. The summed E-state index contributed by atoms with van der Waals surface area (Å²) < 4.78 is 0. The van der Waals surface area contributed by atoms with Crippen molar-refractivity contribution in [2.75, 3.05) is 0 Å². The molecule has 8 heteroatoms. The minimum atomic E-state index is -0.620. The molecule has 1 saturated carbocycles. The van der Waals surface area contributed by atoms with Crippen LogP contribution in [0.2, 0.25) is 0 Å². The van der Waals surface area contributed by atoms with Crippen molar-refractivity contribution < 1.29 is 19.2 Å². The van der Waals surface area contributed by atoms with Gasteiger partial charge >= 0.3 is 5.97 Å². The molecule has 0 saturated heterocycles. The Morgan fingerprint density at radius 1 is 1.23 bits per heavy atom. The predicted octanol–water partition coefficient (Wildman–Crippen LogP) is 0.663. The van der Waals surface area contributed by atoms with Gasteiger partial charge < -0.3 is 4.84 Å². The van der Waals surface area contributed by atoms with Crippen LogP contribution in [0.25, 0.3) is 0 Å². The molecule has 2 aliphatic rings. The minimum Gasteiger partial charge on any atom is -0.329 e. The van der Waals surface area contributed by atoms with Crippen LogP contribution in [-0.2, 0) is 9.63 Å². The van der Waals surface area contributed by atoms with Gasteiger partial charge in [0, 0.05) is 5.92 Å². The third-order valence-electron chi connectivity index (χ3n) is 3.82. The molecule has 2 heterocycles. The van der Waals surface area contributed by atoms with Crippen molar-refractivity contribution in [3.8, 4) is 0 Å². The van der Waals surface area contributed by atoms with Crippen LogP contribution < -0.4 is 0 Å². The molecule has 0 spiro atoms. The Kier molecular flexibility index (Phi) is 2.59. The highest BCUT2D eigenvalue weighted by Crippen LogP contribution is 2.46. The zero-order valence-electron chi connectivity index (χ0n) is 11.2. The van der Waals surface area contributed by atoms with Gasteiger partial charge in [0.25, 0.3) is 11.8 Å². The molecule has 2 aromatic rings. The van der Waals surface area contributed by atoms with E-state index in [1.807, 2.05) is 0 Å². The van der Waals surface area contributed by atoms with E-state index in [-0.39, 0.29) is 17.0 Å². The van der Waals surface area contributed by atoms with Crippen LogP contribution in [0.3, 0.4) is 0 Å². The summed E-state index contributed by atoms with van der Waals surface area (Å²) >= 11 is 0. The van der Waals surface area contributed by atoms with Crippen molar-refractivity contribution in [2.24, 2.45) is 5.92 Å². The molecule has 1 N–H and O–H groups in total. The second-order valence-corrected chi connectivity index (χ2v) is 5.18. The zero-order valence-corrected chi connectivity index (χ0v) is 11.2.